The Bertz CT molecular complexity index is 1200. The van der Waals surface area contributed by atoms with Gasteiger partial charge in [0.05, 0.1) is 0 Å². The van der Waals surface area contributed by atoms with Crippen LogP contribution in [0.5, 0.6) is 0 Å². The quantitative estimate of drug-likeness (QED) is 0.355. The van der Waals surface area contributed by atoms with Gasteiger partial charge in [0.25, 0.3) is 0 Å². The van der Waals surface area contributed by atoms with E-state index in [-0.39, 0.29) is 0 Å². The van der Waals surface area contributed by atoms with Gasteiger partial charge in [-0.25, -0.2) is 0 Å². The van der Waals surface area contributed by atoms with Crippen LogP contribution in [0.4, 0.5) is 11.4 Å². The summed E-state index contributed by atoms with van der Waals surface area (Å²) in [6, 6.07) is 34.3. The molecular formula is C24H17NS. The van der Waals surface area contributed by atoms with E-state index in [0.29, 0.717) is 0 Å². The first-order valence-corrected chi connectivity index (χ1v) is 9.52. The molecule has 0 radical (unpaired) electrons. The smallest absolute Gasteiger partial charge is 0.0390 e. The average molecular weight is 351 g/mol. The van der Waals surface area contributed by atoms with Crippen molar-refractivity contribution in [3.05, 3.63) is 97.1 Å². The van der Waals surface area contributed by atoms with E-state index in [1.807, 2.05) is 29.5 Å². The summed E-state index contributed by atoms with van der Waals surface area (Å²) < 4.78 is 2.69. The topological polar surface area (TPSA) is 12.0 Å². The van der Waals surface area contributed by atoms with Gasteiger partial charge in [-0.3, -0.25) is 0 Å². The van der Waals surface area contributed by atoms with E-state index in [9.17, 15) is 0 Å². The molecule has 0 spiro atoms. The third-order valence-corrected chi connectivity index (χ3v) is 5.79. The first kappa shape index (κ1) is 15.2. The predicted molar refractivity (Wildman–Crippen MR) is 114 cm³/mol. The normalized spacial score (nSPS) is 11.1. The van der Waals surface area contributed by atoms with Crippen molar-refractivity contribution in [2.45, 2.75) is 0 Å². The number of rotatable bonds is 3. The number of fused-ring (bicyclic) bond motifs is 3. The third kappa shape index (κ3) is 2.75. The fourth-order valence-electron chi connectivity index (χ4n) is 3.37. The standard InChI is InChI=1S/C24H17NS/c1-2-8-19(9-3-1)25-20-10-6-7-17(15-20)18-13-14-24-22(16-18)21-11-4-5-12-23(21)26-24/h1-16,25H. The summed E-state index contributed by atoms with van der Waals surface area (Å²) in [5.41, 5.74) is 4.67. The van der Waals surface area contributed by atoms with Gasteiger partial charge in [0.1, 0.15) is 0 Å². The molecule has 0 saturated carbocycles. The molecule has 0 unspecified atom stereocenters. The molecular weight excluding hydrogens is 334 g/mol. The van der Waals surface area contributed by atoms with Crippen molar-refractivity contribution in [2.24, 2.45) is 0 Å². The Morgan fingerprint density at radius 1 is 0.500 bits per heavy atom. The van der Waals surface area contributed by atoms with Crippen LogP contribution in [-0.2, 0) is 0 Å². The van der Waals surface area contributed by atoms with Crippen molar-refractivity contribution in [2.75, 3.05) is 5.32 Å². The molecule has 124 valence electrons. The maximum Gasteiger partial charge on any atom is 0.0390 e. The van der Waals surface area contributed by atoms with E-state index in [1.165, 1.54) is 31.3 Å². The first-order valence-electron chi connectivity index (χ1n) is 8.71. The lowest BCUT2D eigenvalue weighted by atomic mass is 10.0. The van der Waals surface area contributed by atoms with Crippen molar-refractivity contribution in [1.29, 1.82) is 0 Å². The maximum atomic E-state index is 3.48. The van der Waals surface area contributed by atoms with Crippen LogP contribution in [-0.4, -0.2) is 0 Å². The van der Waals surface area contributed by atoms with E-state index in [4.69, 9.17) is 0 Å². The Morgan fingerprint density at radius 2 is 1.23 bits per heavy atom. The van der Waals surface area contributed by atoms with Crippen LogP contribution in [0.15, 0.2) is 97.1 Å². The largest absolute Gasteiger partial charge is 0.356 e. The van der Waals surface area contributed by atoms with Crippen molar-refractivity contribution >= 4 is 42.9 Å². The number of anilines is 2. The van der Waals surface area contributed by atoms with Crippen LogP contribution >= 0.6 is 11.3 Å². The second-order valence-electron chi connectivity index (χ2n) is 6.38. The van der Waals surface area contributed by atoms with Gasteiger partial charge in [-0.15, -0.1) is 11.3 Å². The summed E-state index contributed by atoms with van der Waals surface area (Å²) in [6.07, 6.45) is 0. The second-order valence-corrected chi connectivity index (χ2v) is 7.46. The molecule has 0 aliphatic heterocycles. The number of hydrogen-bond acceptors (Lipinski definition) is 2. The molecule has 0 bridgehead atoms. The molecule has 5 aromatic rings. The van der Waals surface area contributed by atoms with E-state index in [0.717, 1.165) is 11.4 Å². The summed E-state index contributed by atoms with van der Waals surface area (Å²) in [6.45, 7) is 0. The molecule has 26 heavy (non-hydrogen) atoms. The van der Waals surface area contributed by atoms with Crippen molar-refractivity contribution in [3.8, 4) is 11.1 Å². The summed E-state index contributed by atoms with van der Waals surface area (Å²) in [5, 5.41) is 6.16. The lowest BCUT2D eigenvalue weighted by Gasteiger charge is -2.09. The van der Waals surface area contributed by atoms with Crippen LogP contribution in [0.2, 0.25) is 0 Å². The molecule has 1 nitrogen and oxygen atoms in total. The summed E-state index contributed by atoms with van der Waals surface area (Å²) >= 11 is 1.86. The minimum absolute atomic E-state index is 1.10. The predicted octanol–water partition coefficient (Wildman–Crippen LogP) is 7.47. The van der Waals surface area contributed by atoms with Crippen LogP contribution in [0.1, 0.15) is 0 Å². The van der Waals surface area contributed by atoms with E-state index in [2.05, 4.69) is 84.2 Å². The first-order chi connectivity index (χ1) is 12.9. The summed E-state index contributed by atoms with van der Waals surface area (Å²) in [5.74, 6) is 0. The minimum Gasteiger partial charge on any atom is -0.356 e. The van der Waals surface area contributed by atoms with Crippen LogP contribution in [0.3, 0.4) is 0 Å². The second kappa shape index (κ2) is 6.32. The molecule has 1 N–H and O–H groups in total. The summed E-state index contributed by atoms with van der Waals surface area (Å²) in [7, 11) is 0. The molecule has 1 heterocycles. The maximum absolute atomic E-state index is 3.48. The van der Waals surface area contributed by atoms with Gasteiger partial charge >= 0.3 is 0 Å². The molecule has 0 saturated heterocycles. The Balaban J connectivity index is 1.57. The minimum atomic E-state index is 1.10. The number of thiophene rings is 1. The molecule has 0 atom stereocenters. The molecule has 0 aliphatic carbocycles. The highest BCUT2D eigenvalue weighted by molar-refractivity contribution is 7.25. The number of nitrogens with one attached hydrogen (secondary N) is 1. The molecule has 1 aromatic heterocycles. The number of benzene rings is 4. The van der Waals surface area contributed by atoms with Gasteiger partial charge in [0, 0.05) is 31.5 Å². The van der Waals surface area contributed by atoms with Gasteiger partial charge < -0.3 is 5.32 Å². The van der Waals surface area contributed by atoms with E-state index < -0.39 is 0 Å². The molecule has 0 amide bonds. The van der Waals surface area contributed by atoms with Crippen LogP contribution in [0.25, 0.3) is 31.3 Å². The monoisotopic (exact) mass is 351 g/mol. The highest BCUT2D eigenvalue weighted by Crippen LogP contribution is 2.36. The fourth-order valence-corrected chi connectivity index (χ4v) is 4.46. The Morgan fingerprint density at radius 3 is 2.15 bits per heavy atom. The van der Waals surface area contributed by atoms with Crippen LogP contribution < -0.4 is 5.32 Å². The zero-order valence-electron chi connectivity index (χ0n) is 14.1. The highest BCUT2D eigenvalue weighted by atomic mass is 32.1. The third-order valence-electron chi connectivity index (χ3n) is 4.64. The van der Waals surface area contributed by atoms with Crippen molar-refractivity contribution < 1.29 is 0 Å². The molecule has 5 rings (SSSR count). The Kier molecular flexibility index (Phi) is 3.69. The highest BCUT2D eigenvalue weighted by Gasteiger charge is 2.07. The van der Waals surface area contributed by atoms with Crippen molar-refractivity contribution in [1.82, 2.24) is 0 Å². The van der Waals surface area contributed by atoms with Gasteiger partial charge in [-0.1, -0.05) is 54.6 Å². The fraction of sp³-hybridized carbons (Fsp3) is 0. The van der Waals surface area contributed by atoms with Crippen LogP contribution in [0, 0.1) is 0 Å². The van der Waals surface area contributed by atoms with Gasteiger partial charge in [-0.05, 0) is 53.6 Å². The molecule has 4 aromatic carbocycles. The van der Waals surface area contributed by atoms with E-state index >= 15 is 0 Å². The Labute approximate surface area is 156 Å². The number of para-hydroxylation sites is 1. The SMILES string of the molecule is c1ccc(Nc2cccc(-c3ccc4sc5ccccc5c4c3)c2)cc1. The van der Waals surface area contributed by atoms with Gasteiger partial charge in [-0.2, -0.15) is 0 Å². The lowest BCUT2D eigenvalue weighted by molar-refractivity contribution is 1.54. The summed E-state index contributed by atoms with van der Waals surface area (Å²) in [4.78, 5) is 0. The van der Waals surface area contributed by atoms with Gasteiger partial charge in [0.2, 0.25) is 0 Å². The van der Waals surface area contributed by atoms with E-state index in [1.54, 1.807) is 0 Å². The zero-order valence-corrected chi connectivity index (χ0v) is 15.0. The van der Waals surface area contributed by atoms with Crippen molar-refractivity contribution in [3.63, 3.8) is 0 Å². The zero-order chi connectivity index (χ0) is 17.3. The molecule has 2 heteroatoms. The molecule has 0 fully saturated rings. The van der Waals surface area contributed by atoms with Gasteiger partial charge in [0.15, 0.2) is 0 Å². The average Bonchev–Trinajstić information content (AvgIpc) is 3.07. The lowest BCUT2D eigenvalue weighted by Crippen LogP contribution is -1.90. The molecule has 0 aliphatic rings. The Hall–Kier alpha value is -3.10. The number of hydrogen-bond donors (Lipinski definition) is 1.